The summed E-state index contributed by atoms with van der Waals surface area (Å²) >= 11 is 0. The van der Waals surface area contributed by atoms with Gasteiger partial charge >= 0.3 is 5.69 Å². The largest absolute Gasteiger partial charge is 0.393 e. The molecule has 4 aromatic heterocycles. The number of hydrogen-bond acceptors (Lipinski definition) is 7. The van der Waals surface area contributed by atoms with E-state index in [4.69, 9.17) is 0 Å². The second-order valence-corrected chi connectivity index (χ2v) is 7.63. The van der Waals surface area contributed by atoms with Gasteiger partial charge in [0.2, 0.25) is 5.95 Å². The fraction of sp³-hybridized carbons (Fsp3) is 0.421. The molecule has 0 unspecified atom stereocenters. The van der Waals surface area contributed by atoms with Gasteiger partial charge in [0.25, 0.3) is 0 Å². The van der Waals surface area contributed by atoms with Crippen LogP contribution in [0.3, 0.4) is 0 Å². The van der Waals surface area contributed by atoms with Crippen molar-refractivity contribution in [1.29, 1.82) is 0 Å². The van der Waals surface area contributed by atoms with Crippen molar-refractivity contribution < 1.29 is 5.11 Å². The van der Waals surface area contributed by atoms with Crippen molar-refractivity contribution >= 4 is 28.4 Å². The van der Waals surface area contributed by atoms with E-state index in [0.717, 1.165) is 29.7 Å². The molecule has 4 aromatic rings. The second-order valence-electron chi connectivity index (χ2n) is 7.63. The van der Waals surface area contributed by atoms with Crippen LogP contribution in [0.2, 0.25) is 0 Å². The molecule has 0 saturated heterocycles. The Balaban J connectivity index is 1.56. The van der Waals surface area contributed by atoms with Crippen LogP contribution in [0.5, 0.6) is 0 Å². The average molecular weight is 394 g/mol. The van der Waals surface area contributed by atoms with E-state index < -0.39 is 0 Å². The number of aromatic nitrogens is 7. The molecule has 0 amide bonds. The van der Waals surface area contributed by atoms with Crippen LogP contribution in [0.1, 0.15) is 37.3 Å². The molecule has 0 atom stereocenters. The summed E-state index contributed by atoms with van der Waals surface area (Å²) in [6, 6.07) is 1.96. The van der Waals surface area contributed by atoms with E-state index in [1.165, 1.54) is 6.33 Å². The van der Waals surface area contributed by atoms with Crippen LogP contribution in [0.15, 0.2) is 29.6 Å². The lowest BCUT2D eigenvalue weighted by Crippen LogP contribution is -2.30. The molecule has 5 rings (SSSR count). The van der Waals surface area contributed by atoms with Gasteiger partial charge in [0.15, 0.2) is 11.3 Å². The first-order valence-electron chi connectivity index (χ1n) is 9.70. The highest BCUT2D eigenvalue weighted by Gasteiger charge is 2.26. The minimum Gasteiger partial charge on any atom is -0.393 e. The van der Waals surface area contributed by atoms with Gasteiger partial charge in [-0.15, -0.1) is 0 Å². The third-order valence-corrected chi connectivity index (χ3v) is 5.73. The molecule has 150 valence electrons. The van der Waals surface area contributed by atoms with Crippen molar-refractivity contribution in [3.8, 4) is 0 Å². The number of imidazole rings is 1. The smallest absolute Gasteiger partial charge is 0.330 e. The number of hydrogen-bond donors (Lipinski definition) is 2. The fourth-order valence-electron chi connectivity index (χ4n) is 4.05. The summed E-state index contributed by atoms with van der Waals surface area (Å²) in [6.45, 7) is 1.97. The molecule has 1 fully saturated rings. The van der Waals surface area contributed by atoms with Crippen molar-refractivity contribution in [2.75, 3.05) is 5.32 Å². The lowest BCUT2D eigenvalue weighted by molar-refractivity contribution is 0.110. The standard InChI is InChI=1S/C19H22N8O2/c1-11-7-16-21-10-22-26(16)9-14(11)23-18-20-8-15-17(24-18)27(19(29)25(15)2)12-3-5-13(28)6-4-12/h7-10,12-13,28H,3-6H2,1-2H3,(H,20,23,24)/t12-,13-. The number of rotatable bonds is 3. The Labute approximate surface area is 165 Å². The molecule has 4 heterocycles. The SMILES string of the molecule is Cc1cc2ncnn2cc1Nc1ncc2c(n1)n([C@H]1CC[C@H](O)CC1)c(=O)n2C. The van der Waals surface area contributed by atoms with Crippen LogP contribution in [-0.2, 0) is 7.05 Å². The summed E-state index contributed by atoms with van der Waals surface area (Å²) < 4.78 is 5.01. The Morgan fingerprint density at radius 1 is 1.21 bits per heavy atom. The average Bonchev–Trinajstić information content (AvgIpc) is 3.25. The second kappa shape index (κ2) is 6.66. The number of pyridine rings is 1. The Hall–Kier alpha value is -3.27. The summed E-state index contributed by atoms with van der Waals surface area (Å²) in [6.07, 6.45) is 7.64. The molecule has 0 bridgehead atoms. The van der Waals surface area contributed by atoms with Crippen molar-refractivity contribution in [3.05, 3.63) is 40.8 Å². The molecule has 1 aliphatic rings. The van der Waals surface area contributed by atoms with Crippen molar-refractivity contribution in [1.82, 2.24) is 33.7 Å². The Bertz CT molecular complexity index is 1260. The number of aliphatic hydroxyl groups excluding tert-OH is 1. The van der Waals surface area contributed by atoms with E-state index in [1.54, 1.807) is 26.9 Å². The molecule has 29 heavy (non-hydrogen) atoms. The Morgan fingerprint density at radius 3 is 2.79 bits per heavy atom. The summed E-state index contributed by atoms with van der Waals surface area (Å²) in [7, 11) is 1.73. The first-order chi connectivity index (χ1) is 14.0. The van der Waals surface area contributed by atoms with Crippen molar-refractivity contribution in [2.24, 2.45) is 7.05 Å². The maximum atomic E-state index is 12.9. The van der Waals surface area contributed by atoms with Gasteiger partial charge in [0.1, 0.15) is 11.8 Å². The molecule has 0 spiro atoms. The minimum absolute atomic E-state index is 0.0329. The van der Waals surface area contributed by atoms with E-state index in [2.05, 4.69) is 25.4 Å². The van der Waals surface area contributed by atoms with Gasteiger partial charge in [-0.3, -0.25) is 9.13 Å². The monoisotopic (exact) mass is 394 g/mol. The van der Waals surface area contributed by atoms with Gasteiger partial charge in [-0.1, -0.05) is 0 Å². The number of fused-ring (bicyclic) bond motifs is 2. The van der Waals surface area contributed by atoms with Gasteiger partial charge in [-0.25, -0.2) is 19.3 Å². The highest BCUT2D eigenvalue weighted by atomic mass is 16.3. The van der Waals surface area contributed by atoms with Crippen LogP contribution >= 0.6 is 0 Å². The van der Waals surface area contributed by atoms with Gasteiger partial charge in [0, 0.05) is 13.1 Å². The number of aryl methyl sites for hydroxylation is 2. The summed E-state index contributed by atoms with van der Waals surface area (Å²) in [5, 5.41) is 17.2. The normalized spacial score (nSPS) is 19.8. The van der Waals surface area contributed by atoms with E-state index >= 15 is 0 Å². The van der Waals surface area contributed by atoms with E-state index in [9.17, 15) is 9.90 Å². The topological polar surface area (TPSA) is 115 Å². The molecule has 10 nitrogen and oxygen atoms in total. The number of nitrogens with zero attached hydrogens (tertiary/aromatic N) is 7. The molecular weight excluding hydrogens is 372 g/mol. The lowest BCUT2D eigenvalue weighted by Gasteiger charge is -2.26. The molecule has 0 aromatic carbocycles. The zero-order valence-corrected chi connectivity index (χ0v) is 16.3. The molecule has 0 aliphatic heterocycles. The molecule has 1 saturated carbocycles. The predicted octanol–water partition coefficient (Wildman–Crippen LogP) is 1.70. The number of nitrogens with one attached hydrogen (secondary N) is 1. The van der Waals surface area contributed by atoms with Crippen LogP contribution in [0.25, 0.3) is 16.8 Å². The first kappa shape index (κ1) is 17.8. The summed E-state index contributed by atoms with van der Waals surface area (Å²) in [4.78, 5) is 26.1. The fourth-order valence-corrected chi connectivity index (χ4v) is 4.05. The highest BCUT2D eigenvalue weighted by molar-refractivity contribution is 5.73. The quantitative estimate of drug-likeness (QED) is 0.543. The minimum atomic E-state index is -0.279. The molecular formula is C19H22N8O2. The number of aliphatic hydroxyl groups is 1. The molecule has 10 heteroatoms. The maximum absolute atomic E-state index is 12.9. The van der Waals surface area contributed by atoms with E-state index in [-0.39, 0.29) is 17.8 Å². The predicted molar refractivity (Wildman–Crippen MR) is 107 cm³/mol. The maximum Gasteiger partial charge on any atom is 0.330 e. The van der Waals surface area contributed by atoms with Gasteiger partial charge in [-0.05, 0) is 44.2 Å². The third kappa shape index (κ3) is 2.96. The summed E-state index contributed by atoms with van der Waals surface area (Å²) in [5.41, 5.74) is 3.76. The number of anilines is 2. The van der Waals surface area contributed by atoms with Crippen LogP contribution in [-0.4, -0.2) is 44.9 Å². The molecule has 0 radical (unpaired) electrons. The zero-order valence-electron chi connectivity index (χ0n) is 16.3. The third-order valence-electron chi connectivity index (χ3n) is 5.73. The van der Waals surface area contributed by atoms with Crippen LogP contribution in [0, 0.1) is 6.92 Å². The van der Waals surface area contributed by atoms with Crippen LogP contribution in [0.4, 0.5) is 11.6 Å². The van der Waals surface area contributed by atoms with Gasteiger partial charge in [-0.2, -0.15) is 10.1 Å². The highest BCUT2D eigenvalue weighted by Crippen LogP contribution is 2.30. The van der Waals surface area contributed by atoms with E-state index in [0.29, 0.717) is 30.0 Å². The Kier molecular flexibility index (Phi) is 4.09. The molecule has 1 aliphatic carbocycles. The van der Waals surface area contributed by atoms with E-state index in [1.807, 2.05) is 19.2 Å². The van der Waals surface area contributed by atoms with Crippen LogP contribution < -0.4 is 11.0 Å². The Morgan fingerprint density at radius 2 is 2.00 bits per heavy atom. The van der Waals surface area contributed by atoms with Crippen molar-refractivity contribution in [3.63, 3.8) is 0 Å². The lowest BCUT2D eigenvalue weighted by atomic mass is 9.93. The molecule has 2 N–H and O–H groups in total. The summed E-state index contributed by atoms with van der Waals surface area (Å²) in [5.74, 6) is 0.412. The van der Waals surface area contributed by atoms with Crippen molar-refractivity contribution in [2.45, 2.75) is 44.8 Å². The zero-order chi connectivity index (χ0) is 20.1. The van der Waals surface area contributed by atoms with Gasteiger partial charge < -0.3 is 10.4 Å². The first-order valence-corrected chi connectivity index (χ1v) is 9.70. The van der Waals surface area contributed by atoms with Gasteiger partial charge in [0.05, 0.1) is 24.2 Å².